The van der Waals surface area contributed by atoms with Gasteiger partial charge < -0.3 is 9.84 Å². The number of aliphatic hydroxyl groups excluding tert-OH is 1. The van der Waals surface area contributed by atoms with E-state index < -0.39 is 6.10 Å². The molecular formula is C24H48O3. The normalized spacial score (nSPS) is 12.3. The molecule has 0 amide bonds. The Kier molecular flexibility index (Phi) is 21.3. The second-order valence-corrected chi connectivity index (χ2v) is 8.18. The lowest BCUT2D eigenvalue weighted by Crippen LogP contribution is -2.18. The Morgan fingerprint density at radius 2 is 1.07 bits per heavy atom. The standard InChI is InChI=1S/C24H48O3/c1-3-5-7-9-11-13-15-17-19-21-24(26)27-22-23(25)20-18-16-14-12-10-8-6-4-2/h23,25H,3-22H2,1-2H3. The van der Waals surface area contributed by atoms with E-state index in [1.807, 2.05) is 0 Å². The van der Waals surface area contributed by atoms with Crippen LogP contribution in [0.1, 0.15) is 136 Å². The Morgan fingerprint density at radius 3 is 1.56 bits per heavy atom. The van der Waals surface area contributed by atoms with E-state index in [1.54, 1.807) is 0 Å². The first-order chi connectivity index (χ1) is 13.2. The van der Waals surface area contributed by atoms with Gasteiger partial charge in [0, 0.05) is 6.42 Å². The molecular weight excluding hydrogens is 336 g/mol. The first-order valence-corrected chi connectivity index (χ1v) is 12.0. The second kappa shape index (κ2) is 21.7. The number of ether oxygens (including phenoxy) is 1. The van der Waals surface area contributed by atoms with Crippen molar-refractivity contribution in [1.82, 2.24) is 0 Å². The number of aliphatic hydroxyl groups is 1. The van der Waals surface area contributed by atoms with Crippen LogP contribution < -0.4 is 0 Å². The summed E-state index contributed by atoms with van der Waals surface area (Å²) in [5.74, 6) is -0.145. The maximum absolute atomic E-state index is 11.7. The summed E-state index contributed by atoms with van der Waals surface area (Å²) in [6.07, 6.45) is 22.1. The molecule has 0 saturated heterocycles. The van der Waals surface area contributed by atoms with Crippen LogP contribution in [0.2, 0.25) is 0 Å². The monoisotopic (exact) mass is 384 g/mol. The largest absolute Gasteiger partial charge is 0.463 e. The molecule has 0 aliphatic rings. The van der Waals surface area contributed by atoms with Crippen molar-refractivity contribution in [3.63, 3.8) is 0 Å². The van der Waals surface area contributed by atoms with Crippen LogP contribution in [-0.4, -0.2) is 23.8 Å². The van der Waals surface area contributed by atoms with Gasteiger partial charge in [-0.3, -0.25) is 4.79 Å². The van der Waals surface area contributed by atoms with Crippen LogP contribution in [0.25, 0.3) is 0 Å². The zero-order chi connectivity index (χ0) is 20.0. The maximum Gasteiger partial charge on any atom is 0.305 e. The topological polar surface area (TPSA) is 46.5 Å². The highest BCUT2D eigenvalue weighted by Crippen LogP contribution is 2.12. The summed E-state index contributed by atoms with van der Waals surface area (Å²) < 4.78 is 5.21. The molecule has 0 saturated carbocycles. The molecule has 0 aliphatic carbocycles. The van der Waals surface area contributed by atoms with Crippen molar-refractivity contribution in [2.75, 3.05) is 6.61 Å². The number of carbonyl (C=O) groups excluding carboxylic acids is 1. The summed E-state index contributed by atoms with van der Waals surface area (Å²) in [5, 5.41) is 9.92. The number of carbonyl (C=O) groups is 1. The quantitative estimate of drug-likeness (QED) is 0.166. The van der Waals surface area contributed by atoms with Crippen LogP contribution in [0, 0.1) is 0 Å². The van der Waals surface area contributed by atoms with E-state index in [2.05, 4.69) is 13.8 Å². The first kappa shape index (κ1) is 26.4. The van der Waals surface area contributed by atoms with Gasteiger partial charge in [-0.15, -0.1) is 0 Å². The third-order valence-corrected chi connectivity index (χ3v) is 5.31. The molecule has 0 heterocycles. The SMILES string of the molecule is CCCCCCCCCCCC(=O)OCC(O)CCCCCCCCCC. The Morgan fingerprint density at radius 1 is 0.667 bits per heavy atom. The van der Waals surface area contributed by atoms with E-state index in [1.165, 1.54) is 89.9 Å². The fourth-order valence-electron chi connectivity index (χ4n) is 3.44. The molecule has 0 aliphatic heterocycles. The molecule has 0 radical (unpaired) electrons. The Labute approximate surface area is 169 Å². The van der Waals surface area contributed by atoms with Crippen molar-refractivity contribution in [3.8, 4) is 0 Å². The minimum absolute atomic E-state index is 0.145. The van der Waals surface area contributed by atoms with Crippen LogP contribution in [0.5, 0.6) is 0 Å². The zero-order valence-corrected chi connectivity index (χ0v) is 18.5. The van der Waals surface area contributed by atoms with Gasteiger partial charge in [0.25, 0.3) is 0 Å². The molecule has 0 aromatic carbocycles. The van der Waals surface area contributed by atoms with E-state index >= 15 is 0 Å². The zero-order valence-electron chi connectivity index (χ0n) is 18.5. The molecule has 3 nitrogen and oxygen atoms in total. The lowest BCUT2D eigenvalue weighted by molar-refractivity contribution is -0.146. The molecule has 3 heteroatoms. The lowest BCUT2D eigenvalue weighted by Gasteiger charge is -2.11. The summed E-state index contributed by atoms with van der Waals surface area (Å²) in [4.78, 5) is 11.7. The van der Waals surface area contributed by atoms with Gasteiger partial charge in [-0.1, -0.05) is 117 Å². The van der Waals surface area contributed by atoms with Crippen LogP contribution >= 0.6 is 0 Å². The van der Waals surface area contributed by atoms with Gasteiger partial charge >= 0.3 is 5.97 Å². The van der Waals surface area contributed by atoms with E-state index in [0.29, 0.717) is 6.42 Å². The molecule has 27 heavy (non-hydrogen) atoms. The molecule has 0 aromatic heterocycles. The van der Waals surface area contributed by atoms with Crippen molar-refractivity contribution >= 4 is 5.97 Å². The van der Waals surface area contributed by atoms with Crippen molar-refractivity contribution < 1.29 is 14.6 Å². The van der Waals surface area contributed by atoms with Gasteiger partial charge in [-0.25, -0.2) is 0 Å². The number of hydrogen-bond donors (Lipinski definition) is 1. The summed E-state index contributed by atoms with van der Waals surface area (Å²) in [6.45, 7) is 4.66. The number of rotatable bonds is 21. The third kappa shape index (κ3) is 21.6. The Bertz CT molecular complexity index is 304. The molecule has 0 bridgehead atoms. The summed E-state index contributed by atoms with van der Waals surface area (Å²) in [6, 6.07) is 0. The van der Waals surface area contributed by atoms with E-state index in [9.17, 15) is 9.90 Å². The average Bonchev–Trinajstić information content (AvgIpc) is 2.67. The summed E-state index contributed by atoms with van der Waals surface area (Å²) >= 11 is 0. The van der Waals surface area contributed by atoms with Crippen molar-refractivity contribution in [3.05, 3.63) is 0 Å². The molecule has 1 unspecified atom stereocenters. The molecule has 162 valence electrons. The highest BCUT2D eigenvalue weighted by Gasteiger charge is 2.08. The van der Waals surface area contributed by atoms with Crippen LogP contribution in [0.4, 0.5) is 0 Å². The maximum atomic E-state index is 11.7. The van der Waals surface area contributed by atoms with Crippen molar-refractivity contribution in [2.24, 2.45) is 0 Å². The molecule has 1 atom stereocenters. The van der Waals surface area contributed by atoms with Crippen LogP contribution in [0.15, 0.2) is 0 Å². The molecule has 0 spiro atoms. The molecule has 0 aromatic rings. The van der Waals surface area contributed by atoms with Gasteiger partial charge in [-0.2, -0.15) is 0 Å². The number of esters is 1. The minimum Gasteiger partial charge on any atom is -0.463 e. The van der Waals surface area contributed by atoms with Gasteiger partial charge in [0.15, 0.2) is 0 Å². The molecule has 0 fully saturated rings. The molecule has 1 N–H and O–H groups in total. The first-order valence-electron chi connectivity index (χ1n) is 12.0. The lowest BCUT2D eigenvalue weighted by atomic mass is 10.1. The average molecular weight is 385 g/mol. The van der Waals surface area contributed by atoms with Crippen molar-refractivity contribution in [1.29, 1.82) is 0 Å². The Balaban J connectivity index is 3.31. The predicted molar refractivity (Wildman–Crippen MR) is 116 cm³/mol. The van der Waals surface area contributed by atoms with E-state index in [0.717, 1.165) is 25.7 Å². The molecule has 0 rings (SSSR count). The highest BCUT2D eigenvalue weighted by molar-refractivity contribution is 5.69. The third-order valence-electron chi connectivity index (χ3n) is 5.31. The Hall–Kier alpha value is -0.570. The smallest absolute Gasteiger partial charge is 0.305 e. The predicted octanol–water partition coefficient (Wildman–Crippen LogP) is 7.34. The second-order valence-electron chi connectivity index (χ2n) is 8.18. The van der Waals surface area contributed by atoms with Gasteiger partial charge in [0.2, 0.25) is 0 Å². The van der Waals surface area contributed by atoms with Gasteiger partial charge in [0.1, 0.15) is 6.61 Å². The number of hydrogen-bond acceptors (Lipinski definition) is 3. The van der Waals surface area contributed by atoms with Crippen molar-refractivity contribution in [2.45, 2.75) is 142 Å². The van der Waals surface area contributed by atoms with E-state index in [4.69, 9.17) is 4.74 Å². The fraction of sp³-hybridized carbons (Fsp3) is 0.958. The van der Waals surface area contributed by atoms with Gasteiger partial charge in [-0.05, 0) is 12.8 Å². The van der Waals surface area contributed by atoms with Gasteiger partial charge in [0.05, 0.1) is 6.10 Å². The fourth-order valence-corrected chi connectivity index (χ4v) is 3.44. The summed E-state index contributed by atoms with van der Waals surface area (Å²) in [5.41, 5.74) is 0. The summed E-state index contributed by atoms with van der Waals surface area (Å²) in [7, 11) is 0. The van der Waals surface area contributed by atoms with Crippen LogP contribution in [0.3, 0.4) is 0 Å². The van der Waals surface area contributed by atoms with Crippen LogP contribution in [-0.2, 0) is 9.53 Å². The van der Waals surface area contributed by atoms with E-state index in [-0.39, 0.29) is 12.6 Å². The highest BCUT2D eigenvalue weighted by atomic mass is 16.5. The minimum atomic E-state index is -0.489. The number of unbranched alkanes of at least 4 members (excludes halogenated alkanes) is 15.